The highest BCUT2D eigenvalue weighted by molar-refractivity contribution is 7.99. The van der Waals surface area contributed by atoms with Gasteiger partial charge in [-0.2, -0.15) is 0 Å². The molecule has 0 spiro atoms. The molecule has 0 fully saturated rings. The summed E-state index contributed by atoms with van der Waals surface area (Å²) in [5.74, 6) is 0.236. The Morgan fingerprint density at radius 2 is 1.85 bits per heavy atom. The lowest BCUT2D eigenvalue weighted by Gasteiger charge is -2.04. The van der Waals surface area contributed by atoms with Gasteiger partial charge in [0.25, 0.3) is 10.9 Å². The summed E-state index contributed by atoms with van der Waals surface area (Å²) in [5, 5.41) is 22.1. The maximum atomic E-state index is 11.9. The van der Waals surface area contributed by atoms with Crippen LogP contribution in [0, 0.1) is 10.1 Å². The minimum absolute atomic E-state index is 0.00789. The molecule has 0 aliphatic rings. The van der Waals surface area contributed by atoms with Gasteiger partial charge in [-0.15, -0.1) is 10.2 Å². The number of benzene rings is 2. The molecule has 138 valence electrons. The number of non-ortho nitro benzene ring substituents is 1. The van der Waals surface area contributed by atoms with Crippen LogP contribution < -0.4 is 5.32 Å². The lowest BCUT2D eigenvalue weighted by atomic mass is 10.2. The van der Waals surface area contributed by atoms with Crippen molar-refractivity contribution in [3.05, 3.63) is 69.2 Å². The summed E-state index contributed by atoms with van der Waals surface area (Å²) in [6, 6.07) is 13.0. The summed E-state index contributed by atoms with van der Waals surface area (Å²) in [6.07, 6.45) is 0. The molecule has 1 amide bonds. The summed E-state index contributed by atoms with van der Waals surface area (Å²) in [7, 11) is 0. The molecule has 0 aliphatic heterocycles. The number of nitro benzene ring substituents is 1. The summed E-state index contributed by atoms with van der Waals surface area (Å²) < 4.78 is 5.51. The van der Waals surface area contributed by atoms with E-state index >= 15 is 0 Å². The second kappa shape index (κ2) is 8.65. The highest BCUT2D eigenvalue weighted by Crippen LogP contribution is 2.24. The summed E-state index contributed by atoms with van der Waals surface area (Å²) in [5.41, 5.74) is 1.51. The van der Waals surface area contributed by atoms with Crippen LogP contribution in [-0.4, -0.2) is 26.8 Å². The van der Waals surface area contributed by atoms with Crippen LogP contribution in [-0.2, 0) is 11.3 Å². The fourth-order valence-electron chi connectivity index (χ4n) is 2.09. The van der Waals surface area contributed by atoms with Crippen LogP contribution in [0.3, 0.4) is 0 Å². The zero-order chi connectivity index (χ0) is 19.2. The SMILES string of the molecule is O=C(CSc1nnc(-c2ccc(Cl)cc2)o1)NCc1ccc([N+](=O)[O-])cc1. The normalized spacial score (nSPS) is 10.6. The Morgan fingerprint density at radius 3 is 2.52 bits per heavy atom. The Kier molecular flexibility index (Phi) is 6.05. The molecule has 0 aliphatic carbocycles. The summed E-state index contributed by atoms with van der Waals surface area (Å²) >= 11 is 6.96. The van der Waals surface area contributed by atoms with E-state index in [0.29, 0.717) is 10.9 Å². The molecule has 0 saturated heterocycles. The number of hydrogen-bond acceptors (Lipinski definition) is 7. The molecular weight excluding hydrogens is 392 g/mol. The first kappa shape index (κ1) is 18.9. The standard InChI is InChI=1S/C17H13ClN4O4S/c18-13-5-3-12(4-6-13)16-20-21-17(26-16)27-10-15(23)19-9-11-1-7-14(8-2-11)22(24)25/h1-8H,9-10H2,(H,19,23). The maximum Gasteiger partial charge on any atom is 0.277 e. The molecule has 8 nitrogen and oxygen atoms in total. The number of amides is 1. The van der Waals surface area contributed by atoms with Gasteiger partial charge in [-0.1, -0.05) is 35.5 Å². The molecule has 1 aromatic heterocycles. The van der Waals surface area contributed by atoms with Crippen LogP contribution in [0.4, 0.5) is 5.69 Å². The first-order valence-electron chi connectivity index (χ1n) is 7.73. The monoisotopic (exact) mass is 404 g/mol. The van der Waals surface area contributed by atoms with Crippen molar-refractivity contribution in [2.45, 2.75) is 11.8 Å². The molecule has 1 N–H and O–H groups in total. The molecule has 0 bridgehead atoms. The molecule has 27 heavy (non-hydrogen) atoms. The van der Waals surface area contributed by atoms with Gasteiger partial charge >= 0.3 is 0 Å². The van der Waals surface area contributed by atoms with Gasteiger partial charge in [0.2, 0.25) is 11.8 Å². The average molecular weight is 405 g/mol. The van der Waals surface area contributed by atoms with Gasteiger partial charge in [0.1, 0.15) is 0 Å². The zero-order valence-electron chi connectivity index (χ0n) is 13.8. The van der Waals surface area contributed by atoms with Crippen molar-refractivity contribution in [2.24, 2.45) is 0 Å². The van der Waals surface area contributed by atoms with Gasteiger partial charge in [0, 0.05) is 29.3 Å². The van der Waals surface area contributed by atoms with E-state index < -0.39 is 4.92 Å². The topological polar surface area (TPSA) is 111 Å². The van der Waals surface area contributed by atoms with Gasteiger partial charge in [-0.05, 0) is 29.8 Å². The third kappa shape index (κ3) is 5.28. The van der Waals surface area contributed by atoms with Crippen molar-refractivity contribution in [3.63, 3.8) is 0 Å². The first-order chi connectivity index (χ1) is 13.0. The molecule has 2 aromatic carbocycles. The fourth-order valence-corrected chi connectivity index (χ4v) is 2.81. The van der Waals surface area contributed by atoms with Crippen LogP contribution in [0.15, 0.2) is 58.2 Å². The quantitative estimate of drug-likeness (QED) is 0.363. The average Bonchev–Trinajstić information content (AvgIpc) is 3.14. The van der Waals surface area contributed by atoms with Crippen molar-refractivity contribution < 1.29 is 14.1 Å². The van der Waals surface area contributed by atoms with Gasteiger partial charge in [-0.25, -0.2) is 0 Å². The maximum absolute atomic E-state index is 11.9. The van der Waals surface area contributed by atoms with E-state index in [4.69, 9.17) is 16.0 Å². The van der Waals surface area contributed by atoms with E-state index in [1.165, 1.54) is 12.1 Å². The number of nitrogens with one attached hydrogen (secondary N) is 1. The molecule has 3 aromatic rings. The summed E-state index contributed by atoms with van der Waals surface area (Å²) in [6.45, 7) is 0.275. The Hall–Kier alpha value is -2.91. The van der Waals surface area contributed by atoms with E-state index in [0.717, 1.165) is 22.9 Å². The van der Waals surface area contributed by atoms with E-state index in [1.54, 1.807) is 36.4 Å². The van der Waals surface area contributed by atoms with Crippen molar-refractivity contribution in [3.8, 4) is 11.5 Å². The van der Waals surface area contributed by atoms with Crippen molar-refractivity contribution in [1.82, 2.24) is 15.5 Å². The predicted molar refractivity (Wildman–Crippen MR) is 100 cm³/mol. The number of nitro groups is 1. The van der Waals surface area contributed by atoms with E-state index in [1.807, 2.05) is 0 Å². The van der Waals surface area contributed by atoms with Crippen LogP contribution in [0.25, 0.3) is 11.5 Å². The first-order valence-corrected chi connectivity index (χ1v) is 9.10. The van der Waals surface area contributed by atoms with E-state index in [9.17, 15) is 14.9 Å². The summed E-state index contributed by atoms with van der Waals surface area (Å²) in [4.78, 5) is 22.1. The van der Waals surface area contributed by atoms with Crippen molar-refractivity contribution in [2.75, 3.05) is 5.75 Å². The predicted octanol–water partition coefficient (Wildman–Crippen LogP) is 3.71. The Morgan fingerprint density at radius 1 is 1.15 bits per heavy atom. The Balaban J connectivity index is 1.48. The highest BCUT2D eigenvalue weighted by Gasteiger charge is 2.11. The lowest BCUT2D eigenvalue weighted by Crippen LogP contribution is -2.24. The number of rotatable bonds is 7. The second-order valence-corrected chi connectivity index (χ2v) is 6.73. The van der Waals surface area contributed by atoms with Crippen LogP contribution >= 0.6 is 23.4 Å². The minimum atomic E-state index is -0.471. The fraction of sp³-hybridized carbons (Fsp3) is 0.118. The third-order valence-corrected chi connectivity index (χ3v) is 4.53. The number of hydrogen-bond donors (Lipinski definition) is 1. The molecular formula is C17H13ClN4O4S. The third-order valence-electron chi connectivity index (χ3n) is 3.46. The van der Waals surface area contributed by atoms with E-state index in [-0.39, 0.29) is 29.1 Å². The highest BCUT2D eigenvalue weighted by atomic mass is 35.5. The Labute approximate surface area is 163 Å². The second-order valence-electron chi connectivity index (χ2n) is 5.37. The van der Waals surface area contributed by atoms with E-state index in [2.05, 4.69) is 15.5 Å². The van der Waals surface area contributed by atoms with Crippen LogP contribution in [0.5, 0.6) is 0 Å². The largest absolute Gasteiger partial charge is 0.411 e. The molecule has 0 atom stereocenters. The smallest absolute Gasteiger partial charge is 0.277 e. The Bertz CT molecular complexity index is 944. The molecule has 0 unspecified atom stereocenters. The number of thioether (sulfide) groups is 1. The number of carbonyl (C=O) groups is 1. The number of halogens is 1. The molecule has 0 saturated carbocycles. The number of aromatic nitrogens is 2. The molecule has 10 heteroatoms. The molecule has 0 radical (unpaired) electrons. The van der Waals surface area contributed by atoms with Gasteiger partial charge in [-0.3, -0.25) is 14.9 Å². The van der Waals surface area contributed by atoms with Crippen LogP contribution in [0.2, 0.25) is 5.02 Å². The zero-order valence-corrected chi connectivity index (χ0v) is 15.4. The molecule has 3 rings (SSSR count). The van der Waals surface area contributed by atoms with Crippen molar-refractivity contribution >= 4 is 35.0 Å². The van der Waals surface area contributed by atoms with Gasteiger partial charge in [0.05, 0.1) is 10.7 Å². The van der Waals surface area contributed by atoms with Gasteiger partial charge < -0.3 is 9.73 Å². The van der Waals surface area contributed by atoms with Gasteiger partial charge in [0.15, 0.2) is 0 Å². The minimum Gasteiger partial charge on any atom is -0.411 e. The van der Waals surface area contributed by atoms with Crippen LogP contribution in [0.1, 0.15) is 5.56 Å². The lowest BCUT2D eigenvalue weighted by molar-refractivity contribution is -0.384. The molecule has 1 heterocycles. The number of carbonyl (C=O) groups excluding carboxylic acids is 1. The van der Waals surface area contributed by atoms with Crippen molar-refractivity contribution in [1.29, 1.82) is 0 Å². The number of nitrogens with zero attached hydrogens (tertiary/aromatic N) is 3.